The van der Waals surface area contributed by atoms with Gasteiger partial charge in [-0.25, -0.2) is 35.1 Å². The number of carbonyl (C=O) groups is 4. The molecule has 4 amide bonds. The van der Waals surface area contributed by atoms with Gasteiger partial charge in [-0.2, -0.15) is 0 Å². The quantitative estimate of drug-likeness (QED) is 0.0384. The average Bonchev–Trinajstić information content (AvgIpc) is 4.26. The van der Waals surface area contributed by atoms with E-state index in [1.807, 2.05) is 88.4 Å². The summed E-state index contributed by atoms with van der Waals surface area (Å²) in [5.74, 6) is -1.67. The lowest BCUT2D eigenvalue weighted by atomic mass is 9.96. The number of hydrogen-bond donors (Lipinski definition) is 6. The van der Waals surface area contributed by atoms with Gasteiger partial charge in [-0.05, 0) is 145 Å². The van der Waals surface area contributed by atoms with Gasteiger partial charge in [0.15, 0.2) is 0 Å². The maximum absolute atomic E-state index is 13.3. The molecule has 2 heterocycles. The molecule has 2 aliphatic carbocycles. The molecule has 4 aromatic carbocycles. The van der Waals surface area contributed by atoms with Crippen molar-refractivity contribution in [3.8, 4) is 0 Å². The van der Waals surface area contributed by atoms with Gasteiger partial charge in [-0.15, -0.1) is 22.7 Å². The van der Waals surface area contributed by atoms with Crippen LogP contribution in [-0.2, 0) is 29.6 Å². The third-order valence-electron chi connectivity index (χ3n) is 14.1. The summed E-state index contributed by atoms with van der Waals surface area (Å²) < 4.78 is 84.8. The van der Waals surface area contributed by atoms with E-state index in [2.05, 4.69) is 30.7 Å². The van der Waals surface area contributed by atoms with Crippen molar-refractivity contribution in [1.29, 1.82) is 0 Å². The van der Waals surface area contributed by atoms with Crippen LogP contribution in [0, 0.1) is 47.1 Å². The molecule has 22 heteroatoms. The molecule has 2 fully saturated rings. The number of carbonyl (C=O) groups excluding carboxylic acids is 4. The average molecular weight is 1190 g/mol. The molecule has 0 unspecified atom stereocenters. The molecule has 0 saturated heterocycles. The SMILES string of the molecule is CC(C)C[C@H](NC(=O)c1cc2ccccc2s1)C(=O)NC[C@@H]1CCC[C@H]1CNS(=O)(=O)c1ccc(F)cc1Cl.CC(C)C[C@H](NC(=O)c1cc2ccccc2s1)C(=O)NC[C@H]1CCC[C@@H]1CNS(=O)(=O)c1ccc(F)cc1Cl. The van der Waals surface area contributed by atoms with Crippen molar-refractivity contribution in [2.24, 2.45) is 35.5 Å². The van der Waals surface area contributed by atoms with Gasteiger partial charge in [0, 0.05) is 35.6 Å². The van der Waals surface area contributed by atoms with Gasteiger partial charge in [0.2, 0.25) is 31.9 Å². The summed E-state index contributed by atoms with van der Waals surface area (Å²) in [4.78, 5) is 53.1. The summed E-state index contributed by atoms with van der Waals surface area (Å²) in [6.07, 6.45) is 6.17. The number of fused-ring (bicyclic) bond motifs is 2. The Balaban J connectivity index is 0.000000226. The summed E-state index contributed by atoms with van der Waals surface area (Å²) >= 11 is 14.7. The predicted molar refractivity (Wildman–Crippen MR) is 306 cm³/mol. The van der Waals surface area contributed by atoms with Crippen molar-refractivity contribution in [1.82, 2.24) is 30.7 Å². The summed E-state index contributed by atoms with van der Waals surface area (Å²) in [7, 11) is -7.82. The molecule has 6 N–H and O–H groups in total. The van der Waals surface area contributed by atoms with Crippen LogP contribution in [0.5, 0.6) is 0 Å². The molecule has 2 aliphatic rings. The first-order valence-corrected chi connectivity index (χ1v) is 31.5. The number of benzene rings is 4. The highest BCUT2D eigenvalue weighted by atomic mass is 35.5. The second-order valence-electron chi connectivity index (χ2n) is 20.9. The summed E-state index contributed by atoms with van der Waals surface area (Å²) in [5.41, 5.74) is 0. The first kappa shape index (κ1) is 60.6. The molecule has 0 radical (unpaired) electrons. The van der Waals surface area contributed by atoms with Gasteiger partial charge < -0.3 is 21.3 Å². The lowest BCUT2D eigenvalue weighted by molar-refractivity contribution is -0.124. The first-order valence-electron chi connectivity index (χ1n) is 26.1. The third kappa shape index (κ3) is 16.5. The molecule has 2 saturated carbocycles. The van der Waals surface area contributed by atoms with E-state index in [4.69, 9.17) is 23.2 Å². The van der Waals surface area contributed by atoms with Gasteiger partial charge in [-0.3, -0.25) is 19.2 Å². The maximum Gasteiger partial charge on any atom is 0.262 e. The van der Waals surface area contributed by atoms with Gasteiger partial charge in [0.25, 0.3) is 11.8 Å². The standard InChI is InChI=1S/2C28H33ClFN3O4S2/c2*1-17(2)12-23(33-28(35)25-13-18-6-3-4-9-24(18)38-25)27(34)31-15-19-7-5-8-20(19)16-32-39(36,37)26-11-10-21(30)14-22(26)29/h2*3-4,6,9-11,13-14,17,19-20,23,32H,5,7-8,12,15-16H2,1-2H3,(H,31,34)(H,33,35)/t19-,20-,23+;19-,20-,23-/m10/s1. The van der Waals surface area contributed by atoms with E-state index in [0.717, 1.165) is 95.1 Å². The van der Waals surface area contributed by atoms with E-state index in [-0.39, 0.29) is 92.1 Å². The van der Waals surface area contributed by atoms with Crippen molar-refractivity contribution in [2.75, 3.05) is 26.2 Å². The van der Waals surface area contributed by atoms with Crippen LogP contribution in [0.2, 0.25) is 10.0 Å². The second kappa shape index (κ2) is 27.4. The van der Waals surface area contributed by atoms with Crippen molar-refractivity contribution in [2.45, 2.75) is 101 Å². The zero-order valence-electron chi connectivity index (χ0n) is 43.8. The fraction of sp³-hybridized carbons (Fsp3) is 0.429. The normalized spacial score (nSPS) is 18.4. The zero-order valence-corrected chi connectivity index (χ0v) is 48.5. The van der Waals surface area contributed by atoms with Crippen LogP contribution in [-0.4, -0.2) is 78.7 Å². The third-order valence-corrected chi connectivity index (χ3v) is 20.1. The summed E-state index contributed by atoms with van der Waals surface area (Å²) in [6, 6.07) is 24.2. The van der Waals surface area contributed by atoms with Crippen molar-refractivity contribution < 1.29 is 44.8 Å². The Hall–Kier alpha value is -5.06. The molecule has 78 heavy (non-hydrogen) atoms. The van der Waals surface area contributed by atoms with Crippen LogP contribution in [0.15, 0.2) is 107 Å². The molecule has 6 atom stereocenters. The fourth-order valence-corrected chi connectivity index (χ4v) is 15.2. The van der Waals surface area contributed by atoms with Gasteiger partial charge in [0.05, 0.1) is 19.8 Å². The Labute approximate surface area is 473 Å². The lowest BCUT2D eigenvalue weighted by Crippen LogP contribution is -2.48. The Kier molecular flexibility index (Phi) is 21.3. The first-order chi connectivity index (χ1) is 37.1. The van der Waals surface area contributed by atoms with Gasteiger partial charge in [0.1, 0.15) is 33.5 Å². The van der Waals surface area contributed by atoms with Crippen LogP contribution < -0.4 is 30.7 Å². The molecular formula is C56H66Cl2F2N6O8S4. The Morgan fingerprint density at radius 2 is 0.897 bits per heavy atom. The lowest BCUT2D eigenvalue weighted by Gasteiger charge is -2.24. The van der Waals surface area contributed by atoms with Gasteiger partial charge in [-0.1, -0.05) is 100 Å². The van der Waals surface area contributed by atoms with Crippen LogP contribution in [0.25, 0.3) is 20.2 Å². The van der Waals surface area contributed by atoms with Crippen LogP contribution in [0.1, 0.15) is 98.4 Å². The molecule has 14 nitrogen and oxygen atoms in total. The topological polar surface area (TPSA) is 209 Å². The zero-order chi connectivity index (χ0) is 56.3. The van der Waals surface area contributed by atoms with Crippen molar-refractivity contribution >= 4 is 110 Å². The van der Waals surface area contributed by atoms with Crippen LogP contribution >= 0.6 is 45.9 Å². The number of thiophene rings is 2. The van der Waals surface area contributed by atoms with Crippen LogP contribution in [0.4, 0.5) is 8.78 Å². The van der Waals surface area contributed by atoms with E-state index in [0.29, 0.717) is 35.7 Å². The molecule has 2 aromatic heterocycles. The highest BCUT2D eigenvalue weighted by Gasteiger charge is 2.33. The maximum atomic E-state index is 13.3. The molecule has 0 bridgehead atoms. The van der Waals surface area contributed by atoms with Crippen molar-refractivity contribution in [3.63, 3.8) is 0 Å². The smallest absolute Gasteiger partial charge is 0.262 e. The predicted octanol–water partition coefficient (Wildman–Crippen LogP) is 10.7. The second-order valence-corrected chi connectivity index (χ2v) is 27.3. The molecular weight excluding hydrogens is 1120 g/mol. The summed E-state index contributed by atoms with van der Waals surface area (Å²) in [5, 5.41) is 13.4. The minimum absolute atomic E-state index is 0.0241. The largest absolute Gasteiger partial charge is 0.354 e. The Morgan fingerprint density at radius 3 is 1.24 bits per heavy atom. The van der Waals surface area contributed by atoms with E-state index in [1.165, 1.54) is 22.7 Å². The Bertz CT molecular complexity index is 3040. The molecule has 8 rings (SSSR count). The number of amides is 4. The highest BCUT2D eigenvalue weighted by molar-refractivity contribution is 7.90. The highest BCUT2D eigenvalue weighted by Crippen LogP contribution is 2.34. The van der Waals surface area contributed by atoms with Crippen molar-refractivity contribution in [3.05, 3.63) is 128 Å². The van der Waals surface area contributed by atoms with Gasteiger partial charge >= 0.3 is 0 Å². The summed E-state index contributed by atoms with van der Waals surface area (Å²) in [6.45, 7) is 9.14. The van der Waals surface area contributed by atoms with E-state index < -0.39 is 43.8 Å². The van der Waals surface area contributed by atoms with E-state index in [9.17, 15) is 44.8 Å². The minimum atomic E-state index is -3.91. The van der Waals surface area contributed by atoms with E-state index >= 15 is 0 Å². The number of halogens is 4. The van der Waals surface area contributed by atoms with Crippen LogP contribution in [0.3, 0.4) is 0 Å². The number of rotatable bonds is 22. The number of nitrogens with one attached hydrogen (secondary N) is 6. The number of hydrogen-bond acceptors (Lipinski definition) is 10. The minimum Gasteiger partial charge on any atom is -0.354 e. The fourth-order valence-electron chi connectivity index (χ4n) is 10.0. The monoisotopic (exact) mass is 1190 g/mol. The number of sulfonamides is 2. The molecule has 0 spiro atoms. The Morgan fingerprint density at radius 1 is 0.538 bits per heavy atom. The van der Waals surface area contributed by atoms with E-state index in [1.54, 1.807) is 0 Å². The molecule has 420 valence electrons. The molecule has 6 aromatic rings. The molecule has 0 aliphatic heterocycles.